The summed E-state index contributed by atoms with van der Waals surface area (Å²) in [4.78, 5) is 4.57. The van der Waals surface area contributed by atoms with E-state index in [1.807, 2.05) is 12.4 Å². The van der Waals surface area contributed by atoms with Gasteiger partial charge in [-0.1, -0.05) is 25.1 Å². The Morgan fingerprint density at radius 3 is 2.47 bits per heavy atom. The largest absolute Gasteiger partial charge is 0.334 e. The first kappa shape index (κ1) is 13.8. The minimum atomic E-state index is 0.168. The molecule has 19 heavy (non-hydrogen) atoms. The van der Waals surface area contributed by atoms with E-state index in [9.17, 15) is 0 Å². The molecule has 3 nitrogen and oxygen atoms in total. The van der Waals surface area contributed by atoms with Crippen LogP contribution in [0.5, 0.6) is 0 Å². The third kappa shape index (κ3) is 2.71. The zero-order chi connectivity index (χ0) is 13.8. The van der Waals surface area contributed by atoms with E-state index in [2.05, 4.69) is 60.8 Å². The van der Waals surface area contributed by atoms with Gasteiger partial charge in [-0.2, -0.15) is 0 Å². The van der Waals surface area contributed by atoms with E-state index in [4.69, 9.17) is 0 Å². The summed E-state index contributed by atoms with van der Waals surface area (Å²) in [6, 6.07) is 6.63. The number of hydrogen-bond donors (Lipinski definition) is 1. The summed E-state index contributed by atoms with van der Waals surface area (Å²) in [6.07, 6.45) is 3.93. The monoisotopic (exact) mass is 257 g/mol. The molecule has 1 N–H and O–H groups in total. The molecule has 1 heterocycles. The fourth-order valence-electron chi connectivity index (χ4n) is 2.66. The number of hydrogen-bond acceptors (Lipinski definition) is 2. The highest BCUT2D eigenvalue weighted by molar-refractivity contribution is 5.39. The maximum atomic E-state index is 4.57. The molecular weight excluding hydrogens is 234 g/mol. The summed E-state index contributed by atoms with van der Waals surface area (Å²) in [5.41, 5.74) is 3.98. The summed E-state index contributed by atoms with van der Waals surface area (Å²) in [6.45, 7) is 10.5. The Morgan fingerprint density at radius 1 is 1.21 bits per heavy atom. The molecule has 0 saturated carbocycles. The maximum absolute atomic E-state index is 4.57. The summed E-state index contributed by atoms with van der Waals surface area (Å²) < 4.78 is 2.21. The van der Waals surface area contributed by atoms with Crippen LogP contribution in [-0.2, 0) is 6.54 Å². The lowest BCUT2D eigenvalue weighted by Crippen LogP contribution is -2.26. The van der Waals surface area contributed by atoms with E-state index < -0.39 is 0 Å². The van der Waals surface area contributed by atoms with Gasteiger partial charge in [0.1, 0.15) is 5.82 Å². The molecule has 0 aliphatic rings. The van der Waals surface area contributed by atoms with E-state index >= 15 is 0 Å². The number of nitrogens with one attached hydrogen (secondary N) is 1. The van der Waals surface area contributed by atoms with Gasteiger partial charge in [-0.05, 0) is 44.0 Å². The van der Waals surface area contributed by atoms with Crippen molar-refractivity contribution in [2.75, 3.05) is 6.54 Å². The Labute approximate surface area is 115 Å². The van der Waals surface area contributed by atoms with Crippen LogP contribution in [0, 0.1) is 13.8 Å². The van der Waals surface area contributed by atoms with Gasteiger partial charge < -0.3 is 9.88 Å². The van der Waals surface area contributed by atoms with Gasteiger partial charge in [0.15, 0.2) is 0 Å². The third-order valence-corrected chi connectivity index (χ3v) is 3.59. The van der Waals surface area contributed by atoms with E-state index in [-0.39, 0.29) is 6.04 Å². The van der Waals surface area contributed by atoms with Crippen molar-refractivity contribution in [3.05, 3.63) is 53.1 Å². The molecule has 2 aromatic rings. The fraction of sp³-hybridized carbons (Fsp3) is 0.438. The molecular formula is C16H23N3. The first-order valence-corrected chi connectivity index (χ1v) is 6.99. The summed E-state index contributed by atoms with van der Waals surface area (Å²) >= 11 is 0. The maximum Gasteiger partial charge on any atom is 0.130 e. The Kier molecular flexibility index (Phi) is 4.38. The molecule has 0 radical (unpaired) electrons. The van der Waals surface area contributed by atoms with Crippen molar-refractivity contribution in [1.29, 1.82) is 0 Å². The van der Waals surface area contributed by atoms with Crippen LogP contribution in [0.2, 0.25) is 0 Å². The first-order chi connectivity index (χ1) is 9.19. The molecule has 0 amide bonds. The Morgan fingerprint density at radius 2 is 1.89 bits per heavy atom. The lowest BCUT2D eigenvalue weighted by Gasteiger charge is -2.22. The molecule has 0 saturated heterocycles. The number of aromatic nitrogens is 2. The number of rotatable bonds is 5. The molecule has 1 aromatic heterocycles. The van der Waals surface area contributed by atoms with Crippen LogP contribution in [0.4, 0.5) is 0 Å². The van der Waals surface area contributed by atoms with E-state index in [0.29, 0.717) is 0 Å². The molecule has 2 rings (SSSR count). The fourth-order valence-corrected chi connectivity index (χ4v) is 2.66. The molecule has 0 aliphatic heterocycles. The van der Waals surface area contributed by atoms with Gasteiger partial charge in [0, 0.05) is 18.9 Å². The second-order valence-corrected chi connectivity index (χ2v) is 4.87. The van der Waals surface area contributed by atoms with Crippen LogP contribution in [0.15, 0.2) is 30.6 Å². The molecule has 0 aliphatic carbocycles. The van der Waals surface area contributed by atoms with Crippen LogP contribution in [0.3, 0.4) is 0 Å². The van der Waals surface area contributed by atoms with Gasteiger partial charge in [-0.25, -0.2) is 4.98 Å². The standard InChI is InChI=1S/C16H23N3/c1-5-17-15(16-18-10-11-19(16)6-2)14-12(3)8-7-9-13(14)4/h7-11,15,17H,5-6H2,1-4H3. The second kappa shape index (κ2) is 6.02. The van der Waals surface area contributed by atoms with Gasteiger partial charge in [0.2, 0.25) is 0 Å². The average molecular weight is 257 g/mol. The van der Waals surface area contributed by atoms with Crippen molar-refractivity contribution >= 4 is 0 Å². The van der Waals surface area contributed by atoms with Crippen molar-refractivity contribution in [1.82, 2.24) is 14.9 Å². The summed E-state index contributed by atoms with van der Waals surface area (Å²) in [5.74, 6) is 1.10. The van der Waals surface area contributed by atoms with Gasteiger partial charge >= 0.3 is 0 Å². The molecule has 1 unspecified atom stereocenters. The predicted octanol–water partition coefficient (Wildman–Crippen LogP) is 3.22. The van der Waals surface area contributed by atoms with Gasteiger partial charge in [-0.15, -0.1) is 0 Å². The van der Waals surface area contributed by atoms with E-state index in [0.717, 1.165) is 18.9 Å². The predicted molar refractivity (Wildman–Crippen MR) is 79.3 cm³/mol. The van der Waals surface area contributed by atoms with Crippen LogP contribution >= 0.6 is 0 Å². The summed E-state index contributed by atoms with van der Waals surface area (Å²) in [5, 5.41) is 3.57. The molecule has 1 aromatic carbocycles. The Balaban J connectivity index is 2.52. The third-order valence-electron chi connectivity index (χ3n) is 3.59. The lowest BCUT2D eigenvalue weighted by atomic mass is 9.95. The average Bonchev–Trinajstić information content (AvgIpc) is 2.85. The number of aryl methyl sites for hydroxylation is 3. The molecule has 0 bridgehead atoms. The van der Waals surface area contributed by atoms with Gasteiger partial charge in [-0.3, -0.25) is 0 Å². The van der Waals surface area contributed by atoms with Crippen molar-refractivity contribution in [3.8, 4) is 0 Å². The summed E-state index contributed by atoms with van der Waals surface area (Å²) in [7, 11) is 0. The number of benzene rings is 1. The first-order valence-electron chi connectivity index (χ1n) is 6.99. The topological polar surface area (TPSA) is 29.9 Å². The van der Waals surface area contributed by atoms with Gasteiger partial charge in [0.25, 0.3) is 0 Å². The zero-order valence-corrected chi connectivity index (χ0v) is 12.3. The normalized spacial score (nSPS) is 12.6. The smallest absolute Gasteiger partial charge is 0.130 e. The van der Waals surface area contributed by atoms with Crippen LogP contribution < -0.4 is 5.32 Å². The van der Waals surface area contributed by atoms with Crippen LogP contribution in [0.1, 0.15) is 42.4 Å². The second-order valence-electron chi connectivity index (χ2n) is 4.87. The van der Waals surface area contributed by atoms with Crippen LogP contribution in [-0.4, -0.2) is 16.1 Å². The molecule has 0 spiro atoms. The highest BCUT2D eigenvalue weighted by Crippen LogP contribution is 2.26. The molecule has 0 fully saturated rings. The molecule has 1 atom stereocenters. The Bertz CT molecular complexity index is 522. The van der Waals surface area contributed by atoms with Crippen molar-refractivity contribution < 1.29 is 0 Å². The number of imidazole rings is 1. The minimum absolute atomic E-state index is 0.168. The Hall–Kier alpha value is -1.61. The molecule has 3 heteroatoms. The van der Waals surface area contributed by atoms with Gasteiger partial charge in [0.05, 0.1) is 6.04 Å². The number of nitrogens with zero attached hydrogens (tertiary/aromatic N) is 2. The van der Waals surface area contributed by atoms with Crippen molar-refractivity contribution in [3.63, 3.8) is 0 Å². The highest BCUT2D eigenvalue weighted by atomic mass is 15.1. The SMILES string of the molecule is CCNC(c1c(C)cccc1C)c1nccn1CC. The molecule has 102 valence electrons. The lowest BCUT2D eigenvalue weighted by molar-refractivity contribution is 0.555. The zero-order valence-electron chi connectivity index (χ0n) is 12.3. The minimum Gasteiger partial charge on any atom is -0.334 e. The van der Waals surface area contributed by atoms with Crippen LogP contribution in [0.25, 0.3) is 0 Å². The van der Waals surface area contributed by atoms with Crippen molar-refractivity contribution in [2.24, 2.45) is 0 Å². The van der Waals surface area contributed by atoms with E-state index in [1.165, 1.54) is 16.7 Å². The van der Waals surface area contributed by atoms with Crippen molar-refractivity contribution in [2.45, 2.75) is 40.3 Å². The van der Waals surface area contributed by atoms with E-state index in [1.54, 1.807) is 0 Å². The highest BCUT2D eigenvalue weighted by Gasteiger charge is 2.21. The quantitative estimate of drug-likeness (QED) is 0.891.